The first-order valence-corrected chi connectivity index (χ1v) is 8.74. The number of phenolic OH excluding ortho intramolecular Hbond substituents is 1. The van der Waals surface area contributed by atoms with Gasteiger partial charge in [0, 0.05) is 21.2 Å². The molecule has 0 aliphatic heterocycles. The fourth-order valence-corrected chi connectivity index (χ4v) is 3.31. The first kappa shape index (κ1) is 18.5. The third kappa shape index (κ3) is 3.23. The van der Waals surface area contributed by atoms with Gasteiger partial charge in [0.15, 0.2) is 0 Å². The molecule has 3 rings (SSSR count). The minimum Gasteiger partial charge on any atom is -0.506 e. The molecule has 0 heterocycles. The highest BCUT2D eigenvalue weighted by Gasteiger charge is 2.25. The van der Waals surface area contributed by atoms with Crippen LogP contribution in [-0.2, 0) is 11.3 Å². The number of phenols is 1. The van der Waals surface area contributed by atoms with Crippen LogP contribution in [0.4, 0.5) is 0 Å². The van der Waals surface area contributed by atoms with Crippen molar-refractivity contribution < 1.29 is 19.7 Å². The van der Waals surface area contributed by atoms with E-state index in [1.165, 1.54) is 0 Å². The van der Waals surface area contributed by atoms with Gasteiger partial charge in [-0.25, -0.2) is 4.79 Å². The molecule has 0 aliphatic rings. The van der Waals surface area contributed by atoms with E-state index in [0.29, 0.717) is 31.9 Å². The van der Waals surface area contributed by atoms with Crippen LogP contribution in [0.3, 0.4) is 0 Å². The summed E-state index contributed by atoms with van der Waals surface area (Å²) in [5, 5.41) is 23.0. The molecule has 134 valence electrons. The third-order valence-corrected chi connectivity index (χ3v) is 4.61. The number of ether oxygens (including phenoxy) is 1. The summed E-state index contributed by atoms with van der Waals surface area (Å²) in [7, 11) is 0. The van der Waals surface area contributed by atoms with Crippen molar-refractivity contribution in [1.82, 2.24) is 0 Å². The quantitative estimate of drug-likeness (QED) is 0.601. The second-order valence-corrected chi connectivity index (χ2v) is 6.53. The topological polar surface area (TPSA) is 66.8 Å². The lowest BCUT2D eigenvalue weighted by Crippen LogP contribution is -2.10. The number of carbonyl (C=O) groups excluding carboxylic acids is 1. The number of halogens is 2. The summed E-state index contributed by atoms with van der Waals surface area (Å²) < 4.78 is 5.08. The molecule has 0 aliphatic carbocycles. The number of hydrogen-bond donors (Lipinski definition) is 2. The van der Waals surface area contributed by atoms with Gasteiger partial charge in [-0.05, 0) is 47.5 Å². The van der Waals surface area contributed by atoms with E-state index in [9.17, 15) is 15.0 Å². The molecule has 4 nitrogen and oxygen atoms in total. The first-order valence-electron chi connectivity index (χ1n) is 7.98. The van der Waals surface area contributed by atoms with E-state index in [0.717, 1.165) is 0 Å². The van der Waals surface area contributed by atoms with Gasteiger partial charge in [0.1, 0.15) is 11.3 Å². The van der Waals surface area contributed by atoms with Crippen molar-refractivity contribution in [1.29, 1.82) is 0 Å². The molecule has 0 spiro atoms. The number of benzene rings is 3. The Hall–Kier alpha value is -2.27. The number of fused-ring (bicyclic) bond motifs is 1. The summed E-state index contributed by atoms with van der Waals surface area (Å²) in [6, 6.07) is 12.0. The van der Waals surface area contributed by atoms with Crippen molar-refractivity contribution in [2.45, 2.75) is 13.5 Å². The minimum atomic E-state index is -0.703. The van der Waals surface area contributed by atoms with Crippen LogP contribution in [0.5, 0.6) is 5.75 Å². The minimum absolute atomic E-state index is 0.0610. The van der Waals surface area contributed by atoms with Gasteiger partial charge in [-0.3, -0.25) is 0 Å². The van der Waals surface area contributed by atoms with Gasteiger partial charge in [-0.2, -0.15) is 0 Å². The van der Waals surface area contributed by atoms with Crippen LogP contribution in [0.25, 0.3) is 21.9 Å². The zero-order chi connectivity index (χ0) is 18.8. The van der Waals surface area contributed by atoms with E-state index in [1.54, 1.807) is 49.4 Å². The highest BCUT2D eigenvalue weighted by atomic mass is 35.5. The van der Waals surface area contributed by atoms with E-state index in [1.807, 2.05) is 0 Å². The number of esters is 1. The van der Waals surface area contributed by atoms with Crippen LogP contribution in [0.2, 0.25) is 10.0 Å². The predicted octanol–water partition coefficient (Wildman–Crippen LogP) is 5.19. The molecular weight excluding hydrogens is 375 g/mol. The summed E-state index contributed by atoms with van der Waals surface area (Å²) in [6.45, 7) is 1.37. The molecule has 0 fully saturated rings. The Morgan fingerprint density at radius 1 is 1.04 bits per heavy atom. The van der Waals surface area contributed by atoms with E-state index in [4.69, 9.17) is 27.9 Å². The second kappa shape index (κ2) is 7.54. The fraction of sp³-hybridized carbons (Fsp3) is 0.150. The Morgan fingerprint density at radius 3 is 2.31 bits per heavy atom. The maximum Gasteiger partial charge on any atom is 0.342 e. The molecule has 0 unspecified atom stereocenters. The molecule has 0 aromatic heterocycles. The van der Waals surface area contributed by atoms with Gasteiger partial charge >= 0.3 is 5.97 Å². The van der Waals surface area contributed by atoms with Gasteiger partial charge in [-0.1, -0.05) is 41.4 Å². The number of rotatable bonds is 4. The van der Waals surface area contributed by atoms with E-state index in [-0.39, 0.29) is 23.5 Å². The van der Waals surface area contributed by atoms with Crippen molar-refractivity contribution in [2.24, 2.45) is 0 Å². The Labute approximate surface area is 160 Å². The zero-order valence-electron chi connectivity index (χ0n) is 13.9. The molecular formula is C20H16Cl2O4. The van der Waals surface area contributed by atoms with E-state index >= 15 is 0 Å². The molecule has 3 aromatic carbocycles. The molecule has 0 radical (unpaired) electrons. The Balaban J connectivity index is 2.44. The van der Waals surface area contributed by atoms with Crippen LogP contribution < -0.4 is 0 Å². The lowest BCUT2D eigenvalue weighted by atomic mass is 9.90. The van der Waals surface area contributed by atoms with Crippen molar-refractivity contribution in [3.05, 3.63) is 63.6 Å². The van der Waals surface area contributed by atoms with E-state index in [2.05, 4.69) is 0 Å². The van der Waals surface area contributed by atoms with Gasteiger partial charge in [0.2, 0.25) is 0 Å². The molecule has 0 amide bonds. The number of aliphatic hydroxyl groups excluding tert-OH is 1. The van der Waals surface area contributed by atoms with Gasteiger partial charge in [0.25, 0.3) is 0 Å². The molecule has 0 saturated heterocycles. The van der Waals surface area contributed by atoms with Gasteiger partial charge in [-0.15, -0.1) is 0 Å². The smallest absolute Gasteiger partial charge is 0.342 e. The highest BCUT2D eigenvalue weighted by Crippen LogP contribution is 2.43. The first-order chi connectivity index (χ1) is 12.5. The van der Waals surface area contributed by atoms with Crippen LogP contribution in [0.15, 0.2) is 42.5 Å². The highest BCUT2D eigenvalue weighted by molar-refractivity contribution is 6.32. The maximum absolute atomic E-state index is 12.5. The summed E-state index contributed by atoms with van der Waals surface area (Å²) in [6.07, 6.45) is 0. The lowest BCUT2D eigenvalue weighted by Gasteiger charge is -2.18. The van der Waals surface area contributed by atoms with Crippen LogP contribution in [-0.4, -0.2) is 22.8 Å². The van der Waals surface area contributed by atoms with Gasteiger partial charge in [0.05, 0.1) is 13.2 Å². The number of carbonyl (C=O) groups is 1. The Bertz CT molecular complexity index is 982. The largest absolute Gasteiger partial charge is 0.506 e. The van der Waals surface area contributed by atoms with Crippen molar-refractivity contribution in [2.75, 3.05) is 6.61 Å². The maximum atomic E-state index is 12.5. The lowest BCUT2D eigenvalue weighted by molar-refractivity contribution is 0.0520. The normalized spacial score (nSPS) is 10.9. The van der Waals surface area contributed by atoms with Crippen molar-refractivity contribution in [3.8, 4) is 16.9 Å². The standard InChI is InChI=1S/C20H16Cl2O4/c1-2-26-20(25)18-16(10-23)15-9-13(22)7-8-14(15)17(19(18)24)11-3-5-12(21)6-4-11/h3-9,23-24H,2,10H2,1H3. The fourth-order valence-electron chi connectivity index (χ4n) is 3.01. The summed E-state index contributed by atoms with van der Waals surface area (Å²) in [4.78, 5) is 12.5. The molecule has 26 heavy (non-hydrogen) atoms. The molecule has 6 heteroatoms. The third-order valence-electron chi connectivity index (χ3n) is 4.12. The van der Waals surface area contributed by atoms with Crippen LogP contribution in [0.1, 0.15) is 22.8 Å². The predicted molar refractivity (Wildman–Crippen MR) is 103 cm³/mol. The van der Waals surface area contributed by atoms with E-state index < -0.39 is 12.6 Å². The van der Waals surface area contributed by atoms with Gasteiger partial charge < -0.3 is 14.9 Å². The van der Waals surface area contributed by atoms with Crippen molar-refractivity contribution >= 4 is 39.9 Å². The molecule has 0 bridgehead atoms. The SMILES string of the molecule is CCOC(=O)c1c(O)c(-c2ccc(Cl)cc2)c2ccc(Cl)cc2c1CO. The number of aliphatic hydroxyl groups is 1. The monoisotopic (exact) mass is 390 g/mol. The Kier molecular flexibility index (Phi) is 5.37. The molecule has 2 N–H and O–H groups in total. The summed E-state index contributed by atoms with van der Waals surface area (Å²) in [5.74, 6) is -0.948. The zero-order valence-corrected chi connectivity index (χ0v) is 15.4. The average Bonchev–Trinajstić information content (AvgIpc) is 2.62. The number of hydrogen-bond acceptors (Lipinski definition) is 4. The average molecular weight is 391 g/mol. The van der Waals surface area contributed by atoms with Crippen LogP contribution in [0, 0.1) is 0 Å². The molecule has 0 saturated carbocycles. The van der Waals surface area contributed by atoms with Crippen LogP contribution >= 0.6 is 23.2 Å². The Morgan fingerprint density at radius 2 is 1.69 bits per heavy atom. The summed E-state index contributed by atoms with van der Waals surface area (Å²) >= 11 is 12.1. The van der Waals surface area contributed by atoms with Crippen molar-refractivity contribution in [3.63, 3.8) is 0 Å². The summed E-state index contributed by atoms with van der Waals surface area (Å²) in [5.41, 5.74) is 1.34. The molecule has 0 atom stereocenters. The second-order valence-electron chi connectivity index (χ2n) is 5.65. The molecule has 3 aromatic rings. The number of aromatic hydroxyl groups is 1.